The molecule has 0 bridgehead atoms. The smallest absolute Gasteiger partial charge is 0.119 e. The fraction of sp³-hybridized carbons (Fsp3) is 0.500. The van der Waals surface area contributed by atoms with Gasteiger partial charge in [0.25, 0.3) is 0 Å². The average Bonchev–Trinajstić information content (AvgIpc) is 2.17. The van der Waals surface area contributed by atoms with Gasteiger partial charge >= 0.3 is 0 Å². The van der Waals surface area contributed by atoms with E-state index in [0.717, 1.165) is 11.7 Å². The highest BCUT2D eigenvalue weighted by Crippen LogP contribution is 2.37. The van der Waals surface area contributed by atoms with Crippen LogP contribution in [0.4, 0.5) is 0 Å². The molecule has 2 nitrogen and oxygen atoms in total. The number of nitrogens with one attached hydrogen (secondary N) is 1. The van der Waals surface area contributed by atoms with Crippen LogP contribution in [0.5, 0.6) is 5.75 Å². The second kappa shape index (κ2) is 5.38. The summed E-state index contributed by atoms with van der Waals surface area (Å²) in [4.78, 5) is 0. The molecule has 1 aliphatic rings. The lowest BCUT2D eigenvalue weighted by molar-refractivity contribution is 0.306. The molecule has 2 rings (SSSR count). The largest absolute Gasteiger partial charge is 0.497 e. The van der Waals surface area contributed by atoms with Gasteiger partial charge in [-0.25, -0.2) is 0 Å². The van der Waals surface area contributed by atoms with E-state index in [0.29, 0.717) is 6.04 Å². The van der Waals surface area contributed by atoms with Crippen LogP contribution in [0.1, 0.15) is 24.3 Å². The number of hydrogen-bond donors (Lipinski definition) is 1. The van der Waals surface area contributed by atoms with Gasteiger partial charge in [0.15, 0.2) is 0 Å². The van der Waals surface area contributed by atoms with Crippen molar-refractivity contribution in [3.63, 3.8) is 0 Å². The van der Waals surface area contributed by atoms with Crippen molar-refractivity contribution in [1.82, 2.24) is 5.32 Å². The molecule has 84 valence electrons. The van der Waals surface area contributed by atoms with E-state index in [1.807, 2.05) is 13.1 Å². The van der Waals surface area contributed by atoms with Gasteiger partial charge in [-0.2, -0.15) is 0 Å². The maximum absolute atomic E-state index is 5.21. The second-order valence-electron chi connectivity index (χ2n) is 3.93. The van der Waals surface area contributed by atoms with Crippen LogP contribution in [0.3, 0.4) is 0 Å². The topological polar surface area (TPSA) is 21.3 Å². The van der Waals surface area contributed by atoms with Crippen LogP contribution in [-0.4, -0.2) is 20.2 Å². The first-order valence-electron chi connectivity index (χ1n) is 5.14. The van der Waals surface area contributed by atoms with Crippen LogP contribution >= 0.6 is 12.4 Å². The summed E-state index contributed by atoms with van der Waals surface area (Å²) >= 11 is 0. The minimum Gasteiger partial charge on any atom is -0.497 e. The molecule has 1 aromatic rings. The molecule has 0 heterocycles. The Bertz CT molecular complexity index is 310. The van der Waals surface area contributed by atoms with Crippen molar-refractivity contribution in [3.05, 3.63) is 29.8 Å². The Kier molecular flexibility index (Phi) is 4.43. The molecule has 0 atom stereocenters. The monoisotopic (exact) mass is 227 g/mol. The predicted octanol–water partition coefficient (Wildman–Crippen LogP) is 2.58. The first-order chi connectivity index (χ1) is 6.83. The van der Waals surface area contributed by atoms with Crippen molar-refractivity contribution >= 4 is 12.4 Å². The summed E-state index contributed by atoms with van der Waals surface area (Å²) in [5.74, 6) is 1.69. The zero-order valence-electron chi connectivity index (χ0n) is 9.19. The zero-order valence-corrected chi connectivity index (χ0v) is 10.0. The Morgan fingerprint density at radius 2 is 2.07 bits per heavy atom. The molecule has 1 aliphatic carbocycles. The van der Waals surface area contributed by atoms with Gasteiger partial charge in [-0.05, 0) is 43.5 Å². The molecule has 3 heteroatoms. The van der Waals surface area contributed by atoms with Gasteiger partial charge in [-0.15, -0.1) is 12.4 Å². The van der Waals surface area contributed by atoms with E-state index in [9.17, 15) is 0 Å². The molecule has 15 heavy (non-hydrogen) atoms. The standard InChI is InChI=1S/C12H17NO.ClH/c1-13-11-6-10(7-11)9-4-3-5-12(8-9)14-2;/h3-5,8,10-11,13H,6-7H2,1-2H3;1H. The van der Waals surface area contributed by atoms with Gasteiger partial charge in [-0.3, -0.25) is 0 Å². The molecule has 1 N–H and O–H groups in total. The van der Waals surface area contributed by atoms with Gasteiger partial charge in [0.2, 0.25) is 0 Å². The second-order valence-corrected chi connectivity index (χ2v) is 3.93. The third-order valence-electron chi connectivity index (χ3n) is 3.11. The molecule has 0 spiro atoms. The lowest BCUT2D eigenvalue weighted by Gasteiger charge is -2.35. The third kappa shape index (κ3) is 2.64. The summed E-state index contributed by atoms with van der Waals surface area (Å²) < 4.78 is 5.21. The average molecular weight is 228 g/mol. The normalized spacial score (nSPS) is 23.9. The molecule has 1 fully saturated rings. The fourth-order valence-electron chi connectivity index (χ4n) is 2.02. The van der Waals surface area contributed by atoms with E-state index in [4.69, 9.17) is 4.74 Å². The molecule has 0 aliphatic heterocycles. The van der Waals surface area contributed by atoms with Crippen LogP contribution in [-0.2, 0) is 0 Å². The maximum Gasteiger partial charge on any atom is 0.119 e. The highest BCUT2D eigenvalue weighted by atomic mass is 35.5. The Labute approximate surface area is 97.4 Å². The molecule has 0 saturated heterocycles. The number of benzene rings is 1. The summed E-state index contributed by atoms with van der Waals surface area (Å²) in [7, 11) is 3.75. The van der Waals surface area contributed by atoms with Crippen molar-refractivity contribution in [3.8, 4) is 5.75 Å². The van der Waals surface area contributed by atoms with E-state index < -0.39 is 0 Å². The SMILES string of the molecule is CNC1CC(c2cccc(OC)c2)C1.Cl. The molecule has 0 aromatic heterocycles. The van der Waals surface area contributed by atoms with E-state index >= 15 is 0 Å². The van der Waals surface area contributed by atoms with Gasteiger partial charge in [-0.1, -0.05) is 12.1 Å². The van der Waals surface area contributed by atoms with Gasteiger partial charge in [0.1, 0.15) is 5.75 Å². The molecule has 0 unspecified atom stereocenters. The van der Waals surface area contributed by atoms with Gasteiger partial charge < -0.3 is 10.1 Å². The summed E-state index contributed by atoms with van der Waals surface area (Å²) in [6.07, 6.45) is 2.51. The third-order valence-corrected chi connectivity index (χ3v) is 3.11. The minimum atomic E-state index is 0. The summed E-state index contributed by atoms with van der Waals surface area (Å²) in [6.45, 7) is 0. The Morgan fingerprint density at radius 3 is 2.67 bits per heavy atom. The summed E-state index contributed by atoms with van der Waals surface area (Å²) in [6, 6.07) is 9.12. The summed E-state index contributed by atoms with van der Waals surface area (Å²) in [5.41, 5.74) is 1.41. The van der Waals surface area contributed by atoms with Crippen LogP contribution in [0.15, 0.2) is 24.3 Å². The number of ether oxygens (including phenoxy) is 1. The van der Waals surface area contributed by atoms with Crippen LogP contribution in [0.2, 0.25) is 0 Å². The molecular formula is C12H18ClNO. The Morgan fingerprint density at radius 1 is 1.33 bits per heavy atom. The van der Waals surface area contributed by atoms with Crippen molar-refractivity contribution in [2.75, 3.05) is 14.2 Å². The quantitative estimate of drug-likeness (QED) is 0.857. The van der Waals surface area contributed by atoms with Crippen molar-refractivity contribution < 1.29 is 4.74 Å². The number of methoxy groups -OCH3 is 1. The molecule has 1 saturated carbocycles. The summed E-state index contributed by atoms with van der Waals surface area (Å²) in [5, 5.41) is 3.30. The highest BCUT2D eigenvalue weighted by Gasteiger charge is 2.28. The fourth-order valence-corrected chi connectivity index (χ4v) is 2.02. The van der Waals surface area contributed by atoms with E-state index in [-0.39, 0.29) is 12.4 Å². The zero-order chi connectivity index (χ0) is 9.97. The van der Waals surface area contributed by atoms with E-state index in [2.05, 4.69) is 23.5 Å². The van der Waals surface area contributed by atoms with E-state index in [1.165, 1.54) is 18.4 Å². The predicted molar refractivity (Wildman–Crippen MR) is 65.1 cm³/mol. The Hall–Kier alpha value is -0.730. The maximum atomic E-state index is 5.21. The first-order valence-corrected chi connectivity index (χ1v) is 5.14. The van der Waals surface area contributed by atoms with Crippen LogP contribution in [0.25, 0.3) is 0 Å². The van der Waals surface area contributed by atoms with Crippen molar-refractivity contribution in [1.29, 1.82) is 0 Å². The first kappa shape index (κ1) is 12.3. The van der Waals surface area contributed by atoms with E-state index in [1.54, 1.807) is 7.11 Å². The van der Waals surface area contributed by atoms with Crippen molar-refractivity contribution in [2.45, 2.75) is 24.8 Å². The Balaban J connectivity index is 0.00000112. The lowest BCUT2D eigenvalue weighted by atomic mass is 9.76. The van der Waals surface area contributed by atoms with Gasteiger partial charge in [0, 0.05) is 6.04 Å². The number of halogens is 1. The molecule has 0 amide bonds. The molecule has 0 radical (unpaired) electrons. The molecular weight excluding hydrogens is 210 g/mol. The van der Waals surface area contributed by atoms with Crippen molar-refractivity contribution in [2.24, 2.45) is 0 Å². The van der Waals surface area contributed by atoms with Gasteiger partial charge in [0.05, 0.1) is 7.11 Å². The number of rotatable bonds is 3. The molecule has 1 aromatic carbocycles. The van der Waals surface area contributed by atoms with Crippen LogP contribution < -0.4 is 10.1 Å². The van der Waals surface area contributed by atoms with Crippen LogP contribution in [0, 0.1) is 0 Å². The lowest BCUT2D eigenvalue weighted by Crippen LogP contribution is -2.37. The highest BCUT2D eigenvalue weighted by molar-refractivity contribution is 5.85. The number of hydrogen-bond acceptors (Lipinski definition) is 2. The minimum absolute atomic E-state index is 0.